The molecule has 0 saturated carbocycles. The molecule has 20 heavy (non-hydrogen) atoms. The quantitative estimate of drug-likeness (QED) is 0.889. The van der Waals surface area contributed by atoms with Crippen molar-refractivity contribution in [3.05, 3.63) is 63.1 Å². The molecular weight excluding hydrogens is 293 g/mol. The van der Waals surface area contributed by atoms with Crippen molar-refractivity contribution in [2.75, 3.05) is 6.54 Å². The van der Waals surface area contributed by atoms with Crippen LogP contribution in [0.4, 0.5) is 0 Å². The molecule has 0 amide bonds. The fourth-order valence-electron chi connectivity index (χ4n) is 2.04. The average molecular weight is 310 g/mol. The number of hydrogen-bond donors (Lipinski definition) is 1. The highest BCUT2D eigenvalue weighted by Crippen LogP contribution is 2.33. The molecule has 0 bridgehead atoms. The zero-order valence-electron chi connectivity index (χ0n) is 11.3. The van der Waals surface area contributed by atoms with Gasteiger partial charge < -0.3 is 10.5 Å². The predicted octanol–water partition coefficient (Wildman–Crippen LogP) is 4.38. The summed E-state index contributed by atoms with van der Waals surface area (Å²) in [6.45, 7) is 3.06. The molecule has 2 N–H and O–H groups in total. The molecule has 0 fully saturated rings. The Morgan fingerprint density at radius 1 is 1.10 bits per heavy atom. The molecule has 2 aromatic rings. The Balaban J connectivity index is 2.22. The molecule has 0 spiro atoms. The number of nitrogens with two attached hydrogens (primary N) is 1. The Morgan fingerprint density at radius 3 is 2.55 bits per heavy atom. The van der Waals surface area contributed by atoms with E-state index in [1.807, 2.05) is 24.3 Å². The van der Waals surface area contributed by atoms with E-state index in [4.69, 9.17) is 33.7 Å². The maximum Gasteiger partial charge on any atom is 0.141 e. The molecule has 0 aromatic heterocycles. The summed E-state index contributed by atoms with van der Waals surface area (Å²) in [7, 11) is 0. The third kappa shape index (κ3) is 3.66. The van der Waals surface area contributed by atoms with Gasteiger partial charge in [0.15, 0.2) is 0 Å². The van der Waals surface area contributed by atoms with Crippen molar-refractivity contribution in [2.45, 2.75) is 20.0 Å². The van der Waals surface area contributed by atoms with Crippen molar-refractivity contribution in [2.24, 2.45) is 5.73 Å². The molecule has 2 aromatic carbocycles. The summed E-state index contributed by atoms with van der Waals surface area (Å²) in [5.41, 5.74) is 8.89. The van der Waals surface area contributed by atoms with E-state index < -0.39 is 0 Å². The van der Waals surface area contributed by atoms with E-state index in [0.717, 1.165) is 11.1 Å². The minimum absolute atomic E-state index is 0.478. The highest BCUT2D eigenvalue weighted by Gasteiger charge is 2.11. The van der Waals surface area contributed by atoms with Gasteiger partial charge in [-0.25, -0.2) is 0 Å². The summed E-state index contributed by atoms with van der Waals surface area (Å²) in [4.78, 5) is 0. The number of hydrogen-bond acceptors (Lipinski definition) is 2. The van der Waals surface area contributed by atoms with E-state index in [0.29, 0.717) is 35.4 Å². The maximum absolute atomic E-state index is 6.23. The first kappa shape index (κ1) is 15.2. The SMILES string of the molecule is Cc1ccccc1COc1c(Cl)cc(Cl)cc1CCN. The summed E-state index contributed by atoms with van der Waals surface area (Å²) >= 11 is 12.2. The van der Waals surface area contributed by atoms with E-state index in [9.17, 15) is 0 Å². The van der Waals surface area contributed by atoms with Crippen molar-refractivity contribution in [1.29, 1.82) is 0 Å². The number of rotatable bonds is 5. The highest BCUT2D eigenvalue weighted by molar-refractivity contribution is 6.35. The van der Waals surface area contributed by atoms with Gasteiger partial charge in [-0.1, -0.05) is 47.5 Å². The molecule has 0 unspecified atom stereocenters. The molecule has 2 rings (SSSR count). The summed E-state index contributed by atoms with van der Waals surface area (Å²) in [6.07, 6.45) is 0.684. The molecule has 0 atom stereocenters. The van der Waals surface area contributed by atoms with Crippen LogP contribution >= 0.6 is 23.2 Å². The number of aryl methyl sites for hydroxylation is 1. The lowest BCUT2D eigenvalue weighted by molar-refractivity contribution is 0.302. The Morgan fingerprint density at radius 2 is 1.85 bits per heavy atom. The van der Waals surface area contributed by atoms with E-state index in [1.165, 1.54) is 5.56 Å². The molecule has 0 saturated heterocycles. The lowest BCUT2D eigenvalue weighted by atomic mass is 10.1. The Bertz CT molecular complexity index is 599. The topological polar surface area (TPSA) is 35.2 Å². The summed E-state index contributed by atoms with van der Waals surface area (Å²) in [5.74, 6) is 0.671. The second-order valence-electron chi connectivity index (χ2n) is 4.63. The first-order valence-electron chi connectivity index (χ1n) is 6.47. The Hall–Kier alpha value is -1.22. The zero-order valence-corrected chi connectivity index (χ0v) is 12.8. The second-order valence-corrected chi connectivity index (χ2v) is 5.47. The normalized spacial score (nSPS) is 10.6. The molecule has 2 nitrogen and oxygen atoms in total. The van der Waals surface area contributed by atoms with Crippen molar-refractivity contribution < 1.29 is 4.74 Å². The Labute approximate surface area is 129 Å². The highest BCUT2D eigenvalue weighted by atomic mass is 35.5. The first-order chi connectivity index (χ1) is 9.61. The predicted molar refractivity (Wildman–Crippen MR) is 84.7 cm³/mol. The lowest BCUT2D eigenvalue weighted by Gasteiger charge is -2.14. The van der Waals surface area contributed by atoms with Crippen LogP contribution in [0.1, 0.15) is 16.7 Å². The van der Waals surface area contributed by atoms with Gasteiger partial charge in [0.1, 0.15) is 12.4 Å². The summed E-state index contributed by atoms with van der Waals surface area (Å²) in [6, 6.07) is 11.7. The smallest absolute Gasteiger partial charge is 0.141 e. The van der Waals surface area contributed by atoms with Crippen LogP contribution in [-0.4, -0.2) is 6.54 Å². The summed E-state index contributed by atoms with van der Waals surface area (Å²) < 4.78 is 5.90. The molecule has 0 aliphatic heterocycles. The van der Waals surface area contributed by atoms with Crippen LogP contribution in [0, 0.1) is 6.92 Å². The molecule has 4 heteroatoms. The van der Waals surface area contributed by atoms with Gasteiger partial charge in [0.2, 0.25) is 0 Å². The first-order valence-corrected chi connectivity index (χ1v) is 7.22. The minimum Gasteiger partial charge on any atom is -0.487 e. The fourth-order valence-corrected chi connectivity index (χ4v) is 2.63. The zero-order chi connectivity index (χ0) is 14.5. The van der Waals surface area contributed by atoms with Gasteiger partial charge >= 0.3 is 0 Å². The Kier molecular flexibility index (Phi) is 5.30. The number of halogens is 2. The molecular formula is C16H17Cl2NO. The van der Waals surface area contributed by atoms with Crippen LogP contribution < -0.4 is 10.5 Å². The maximum atomic E-state index is 6.23. The van der Waals surface area contributed by atoms with Gasteiger partial charge in [0.25, 0.3) is 0 Å². The van der Waals surface area contributed by atoms with Crippen LogP contribution in [0.2, 0.25) is 10.0 Å². The molecule has 0 aliphatic carbocycles. The third-order valence-electron chi connectivity index (χ3n) is 3.13. The van der Waals surface area contributed by atoms with E-state index in [2.05, 4.69) is 13.0 Å². The van der Waals surface area contributed by atoms with Crippen LogP contribution in [-0.2, 0) is 13.0 Å². The van der Waals surface area contributed by atoms with Crippen LogP contribution in [0.5, 0.6) is 5.75 Å². The lowest BCUT2D eigenvalue weighted by Crippen LogP contribution is -2.06. The van der Waals surface area contributed by atoms with Crippen molar-refractivity contribution in [1.82, 2.24) is 0 Å². The molecule has 0 heterocycles. The summed E-state index contributed by atoms with van der Waals surface area (Å²) in [5, 5.41) is 1.12. The minimum atomic E-state index is 0.478. The largest absolute Gasteiger partial charge is 0.487 e. The standard InChI is InChI=1S/C16H17Cl2NO/c1-11-4-2-3-5-13(11)10-20-16-12(6-7-19)8-14(17)9-15(16)18/h2-5,8-9H,6-7,10,19H2,1H3. The van der Waals surface area contributed by atoms with Gasteiger partial charge in [-0.2, -0.15) is 0 Å². The van der Waals surface area contributed by atoms with Gasteiger partial charge in [-0.05, 0) is 48.7 Å². The van der Waals surface area contributed by atoms with Crippen LogP contribution in [0.3, 0.4) is 0 Å². The van der Waals surface area contributed by atoms with Crippen molar-refractivity contribution in [3.8, 4) is 5.75 Å². The van der Waals surface area contributed by atoms with E-state index in [-0.39, 0.29) is 0 Å². The van der Waals surface area contributed by atoms with Gasteiger partial charge in [-0.3, -0.25) is 0 Å². The number of benzene rings is 2. The fraction of sp³-hybridized carbons (Fsp3) is 0.250. The van der Waals surface area contributed by atoms with Gasteiger partial charge in [0, 0.05) is 5.02 Å². The van der Waals surface area contributed by atoms with Gasteiger partial charge in [0.05, 0.1) is 5.02 Å². The monoisotopic (exact) mass is 309 g/mol. The van der Waals surface area contributed by atoms with Crippen molar-refractivity contribution >= 4 is 23.2 Å². The van der Waals surface area contributed by atoms with Crippen LogP contribution in [0.15, 0.2) is 36.4 Å². The van der Waals surface area contributed by atoms with Crippen molar-refractivity contribution in [3.63, 3.8) is 0 Å². The number of ether oxygens (including phenoxy) is 1. The second kappa shape index (κ2) is 6.98. The molecule has 106 valence electrons. The van der Waals surface area contributed by atoms with Crippen LogP contribution in [0.25, 0.3) is 0 Å². The third-order valence-corrected chi connectivity index (χ3v) is 3.63. The van der Waals surface area contributed by atoms with Gasteiger partial charge in [-0.15, -0.1) is 0 Å². The average Bonchev–Trinajstić information content (AvgIpc) is 2.40. The van der Waals surface area contributed by atoms with E-state index in [1.54, 1.807) is 6.07 Å². The molecule has 0 aliphatic rings. The van der Waals surface area contributed by atoms with E-state index >= 15 is 0 Å². The molecule has 0 radical (unpaired) electrons.